The van der Waals surface area contributed by atoms with Gasteiger partial charge in [0.15, 0.2) is 0 Å². The number of carboxylic acid groups (broad SMARTS) is 1. The number of nitrogens with zero attached hydrogens (tertiary/aromatic N) is 3. The van der Waals surface area contributed by atoms with E-state index in [0.717, 1.165) is 5.69 Å². The zero-order chi connectivity index (χ0) is 18.7. The molecule has 0 spiro atoms. The van der Waals surface area contributed by atoms with Crippen molar-refractivity contribution < 1.29 is 19.6 Å². The van der Waals surface area contributed by atoms with Crippen molar-refractivity contribution >= 4 is 23.3 Å². The van der Waals surface area contributed by atoms with Gasteiger partial charge in [0.1, 0.15) is 0 Å². The number of nitro benzene ring substituents is 1. The second-order valence-corrected chi connectivity index (χ2v) is 6.56. The SMILES string of the molecule is O=C([O-])[C@@H]1CC=CC[C@H]1C(=O)N1CCN(c2ccc([N+](=O)[O-])cc2)CC1. The Balaban J connectivity index is 1.61. The molecule has 3 rings (SSSR count). The van der Waals surface area contributed by atoms with Gasteiger partial charge in [-0.25, -0.2) is 0 Å². The van der Waals surface area contributed by atoms with Crippen LogP contribution in [0.25, 0.3) is 0 Å². The van der Waals surface area contributed by atoms with E-state index in [9.17, 15) is 24.8 Å². The predicted molar refractivity (Wildman–Crippen MR) is 92.3 cm³/mol. The number of amides is 1. The molecule has 0 radical (unpaired) electrons. The number of non-ortho nitro benzene ring substituents is 1. The van der Waals surface area contributed by atoms with Crippen molar-refractivity contribution in [2.45, 2.75) is 12.8 Å². The standard InChI is InChI=1S/C18H21N3O5/c22-17(15-3-1-2-4-16(15)18(23)24)20-11-9-19(10-12-20)13-5-7-14(8-6-13)21(25)26/h1-2,5-8,15-16H,3-4,9-12H2,(H,23,24)/p-1/t15-,16-/m1/s1. The van der Waals surface area contributed by atoms with Crippen molar-refractivity contribution in [3.63, 3.8) is 0 Å². The molecule has 1 aliphatic carbocycles. The molecule has 138 valence electrons. The summed E-state index contributed by atoms with van der Waals surface area (Å²) in [6, 6.07) is 6.33. The fourth-order valence-electron chi connectivity index (χ4n) is 3.55. The Morgan fingerprint density at radius 1 is 0.962 bits per heavy atom. The second-order valence-electron chi connectivity index (χ2n) is 6.56. The Morgan fingerprint density at radius 3 is 2.08 bits per heavy atom. The zero-order valence-electron chi connectivity index (χ0n) is 14.2. The van der Waals surface area contributed by atoms with Crippen molar-refractivity contribution in [1.29, 1.82) is 0 Å². The number of carbonyl (C=O) groups excluding carboxylic acids is 2. The van der Waals surface area contributed by atoms with Crippen LogP contribution in [-0.2, 0) is 9.59 Å². The van der Waals surface area contributed by atoms with E-state index in [1.807, 2.05) is 6.08 Å². The van der Waals surface area contributed by atoms with Crippen LogP contribution in [-0.4, -0.2) is 47.9 Å². The van der Waals surface area contributed by atoms with Gasteiger partial charge in [0, 0.05) is 61.8 Å². The molecule has 1 aliphatic heterocycles. The smallest absolute Gasteiger partial charge is 0.269 e. The lowest BCUT2D eigenvalue weighted by Crippen LogP contribution is -2.52. The summed E-state index contributed by atoms with van der Waals surface area (Å²) in [7, 11) is 0. The molecule has 2 aliphatic rings. The average molecular weight is 358 g/mol. The van der Waals surface area contributed by atoms with Gasteiger partial charge in [0.25, 0.3) is 5.69 Å². The summed E-state index contributed by atoms with van der Waals surface area (Å²) in [5.74, 6) is -2.62. The first-order valence-electron chi connectivity index (χ1n) is 8.61. The molecule has 2 atom stereocenters. The highest BCUT2D eigenvalue weighted by molar-refractivity contribution is 5.85. The summed E-state index contributed by atoms with van der Waals surface area (Å²) in [6.45, 7) is 2.19. The third-order valence-corrected chi connectivity index (χ3v) is 5.07. The zero-order valence-corrected chi connectivity index (χ0v) is 14.2. The molecule has 0 unspecified atom stereocenters. The lowest BCUT2D eigenvalue weighted by Gasteiger charge is -2.39. The number of rotatable bonds is 4. The van der Waals surface area contributed by atoms with Crippen LogP contribution in [0.4, 0.5) is 11.4 Å². The number of allylic oxidation sites excluding steroid dienone is 2. The lowest BCUT2D eigenvalue weighted by molar-refractivity contribution is -0.384. The summed E-state index contributed by atoms with van der Waals surface area (Å²) in [4.78, 5) is 38.1. The molecule has 0 N–H and O–H groups in total. The summed E-state index contributed by atoms with van der Waals surface area (Å²) < 4.78 is 0. The number of piperazine rings is 1. The summed E-state index contributed by atoms with van der Waals surface area (Å²) in [6.07, 6.45) is 4.41. The maximum absolute atomic E-state index is 12.7. The Bertz CT molecular complexity index is 723. The van der Waals surface area contributed by atoms with Gasteiger partial charge in [-0.05, 0) is 25.0 Å². The van der Waals surface area contributed by atoms with Gasteiger partial charge in [-0.3, -0.25) is 14.9 Å². The first kappa shape index (κ1) is 17.9. The minimum Gasteiger partial charge on any atom is -0.550 e. The molecule has 1 saturated heterocycles. The first-order valence-corrected chi connectivity index (χ1v) is 8.61. The third-order valence-electron chi connectivity index (χ3n) is 5.07. The predicted octanol–water partition coefficient (Wildman–Crippen LogP) is 0.576. The van der Waals surface area contributed by atoms with Crippen LogP contribution in [0.5, 0.6) is 0 Å². The normalized spacial score (nSPS) is 22.9. The van der Waals surface area contributed by atoms with E-state index in [1.54, 1.807) is 23.1 Å². The molecule has 0 saturated carbocycles. The van der Waals surface area contributed by atoms with Crippen LogP contribution in [0.2, 0.25) is 0 Å². The average Bonchev–Trinajstić information content (AvgIpc) is 2.67. The van der Waals surface area contributed by atoms with Gasteiger partial charge in [0.05, 0.1) is 4.92 Å². The molecule has 1 aromatic rings. The lowest BCUT2D eigenvalue weighted by atomic mass is 9.82. The maximum atomic E-state index is 12.7. The molecule has 0 aromatic heterocycles. The number of carbonyl (C=O) groups is 2. The topological polar surface area (TPSA) is 107 Å². The van der Waals surface area contributed by atoms with Crippen molar-refractivity contribution in [2.24, 2.45) is 11.8 Å². The molecule has 0 bridgehead atoms. The Morgan fingerprint density at radius 2 is 1.54 bits per heavy atom. The van der Waals surface area contributed by atoms with E-state index in [0.29, 0.717) is 39.0 Å². The van der Waals surface area contributed by atoms with E-state index in [4.69, 9.17) is 0 Å². The van der Waals surface area contributed by atoms with Gasteiger partial charge >= 0.3 is 0 Å². The number of anilines is 1. The van der Waals surface area contributed by atoms with Crippen LogP contribution < -0.4 is 10.0 Å². The molecule has 1 fully saturated rings. The molecule has 8 nitrogen and oxygen atoms in total. The van der Waals surface area contributed by atoms with Gasteiger partial charge in [0.2, 0.25) is 5.91 Å². The van der Waals surface area contributed by atoms with Crippen LogP contribution >= 0.6 is 0 Å². The number of nitro groups is 1. The Kier molecular flexibility index (Phi) is 5.20. The molecular weight excluding hydrogens is 338 g/mol. The first-order chi connectivity index (χ1) is 12.5. The number of hydrogen-bond donors (Lipinski definition) is 0. The van der Waals surface area contributed by atoms with Crippen LogP contribution in [0.3, 0.4) is 0 Å². The van der Waals surface area contributed by atoms with Crippen molar-refractivity contribution in [3.8, 4) is 0 Å². The van der Waals surface area contributed by atoms with Gasteiger partial charge < -0.3 is 19.7 Å². The minimum absolute atomic E-state index is 0.0428. The Labute approximate surface area is 150 Å². The summed E-state index contributed by atoms with van der Waals surface area (Å²) >= 11 is 0. The molecule has 1 aromatic carbocycles. The third kappa shape index (κ3) is 3.68. The number of hydrogen-bond acceptors (Lipinski definition) is 6. The highest BCUT2D eigenvalue weighted by Gasteiger charge is 2.34. The van der Waals surface area contributed by atoms with E-state index in [1.165, 1.54) is 12.1 Å². The van der Waals surface area contributed by atoms with Gasteiger partial charge in [-0.2, -0.15) is 0 Å². The van der Waals surface area contributed by atoms with Gasteiger partial charge in [-0.15, -0.1) is 0 Å². The second kappa shape index (κ2) is 7.55. The van der Waals surface area contributed by atoms with E-state index in [2.05, 4.69) is 4.90 Å². The monoisotopic (exact) mass is 358 g/mol. The fourth-order valence-corrected chi connectivity index (χ4v) is 3.55. The molecular formula is C18H20N3O5-. The van der Waals surface area contributed by atoms with Crippen LogP contribution in [0, 0.1) is 22.0 Å². The largest absolute Gasteiger partial charge is 0.550 e. The Hall–Kier alpha value is -2.90. The quantitative estimate of drug-likeness (QED) is 0.443. The fraction of sp³-hybridized carbons (Fsp3) is 0.444. The molecule has 1 amide bonds. The van der Waals surface area contributed by atoms with Crippen molar-refractivity contribution in [1.82, 2.24) is 4.90 Å². The highest BCUT2D eigenvalue weighted by atomic mass is 16.6. The van der Waals surface area contributed by atoms with E-state index in [-0.39, 0.29) is 11.6 Å². The van der Waals surface area contributed by atoms with E-state index >= 15 is 0 Å². The minimum atomic E-state index is -1.17. The highest BCUT2D eigenvalue weighted by Crippen LogP contribution is 2.28. The number of carboxylic acids is 1. The van der Waals surface area contributed by atoms with E-state index < -0.39 is 22.7 Å². The summed E-state index contributed by atoms with van der Waals surface area (Å²) in [5.41, 5.74) is 0.914. The van der Waals surface area contributed by atoms with Crippen LogP contribution in [0.15, 0.2) is 36.4 Å². The summed E-state index contributed by atoms with van der Waals surface area (Å²) in [5, 5.41) is 22.0. The van der Waals surface area contributed by atoms with Crippen LogP contribution in [0.1, 0.15) is 12.8 Å². The van der Waals surface area contributed by atoms with Crippen molar-refractivity contribution in [2.75, 3.05) is 31.1 Å². The van der Waals surface area contributed by atoms with Gasteiger partial charge in [-0.1, -0.05) is 12.2 Å². The molecule has 26 heavy (non-hydrogen) atoms. The number of benzene rings is 1. The molecule has 1 heterocycles. The number of aliphatic carboxylic acids is 1. The molecule has 8 heteroatoms. The van der Waals surface area contributed by atoms with Crippen molar-refractivity contribution in [3.05, 3.63) is 46.5 Å². The maximum Gasteiger partial charge on any atom is 0.269 e.